The van der Waals surface area contributed by atoms with Crippen molar-refractivity contribution in [3.8, 4) is 10.6 Å². The highest BCUT2D eigenvalue weighted by atomic mass is 79.9. The van der Waals surface area contributed by atoms with Crippen LogP contribution in [0.2, 0.25) is 0 Å². The zero-order valence-corrected chi connectivity index (χ0v) is 13.3. The smallest absolute Gasteiger partial charge is 0.126 e. The summed E-state index contributed by atoms with van der Waals surface area (Å²) in [6.07, 6.45) is 1.10. The van der Waals surface area contributed by atoms with Gasteiger partial charge in [-0.05, 0) is 46.6 Å². The quantitative estimate of drug-likeness (QED) is 0.701. The number of thiazole rings is 1. The fourth-order valence-corrected chi connectivity index (χ4v) is 5.79. The molecule has 0 saturated heterocycles. The van der Waals surface area contributed by atoms with E-state index in [-0.39, 0.29) is 0 Å². The first-order chi connectivity index (χ1) is 9.33. The summed E-state index contributed by atoms with van der Waals surface area (Å²) in [5, 5.41) is 4.58. The van der Waals surface area contributed by atoms with Gasteiger partial charge in [-0.2, -0.15) is 0 Å². The Morgan fingerprint density at radius 1 is 1.21 bits per heavy atom. The van der Waals surface area contributed by atoms with Gasteiger partial charge in [-0.15, -0.1) is 22.7 Å². The molecule has 4 rings (SSSR count). The van der Waals surface area contributed by atoms with Crippen LogP contribution < -0.4 is 5.32 Å². The third-order valence-electron chi connectivity index (χ3n) is 3.39. The largest absolute Gasteiger partial charge is 0.312 e. The molecule has 3 aromatic rings. The van der Waals surface area contributed by atoms with Crippen molar-refractivity contribution in [2.24, 2.45) is 0 Å². The highest BCUT2D eigenvalue weighted by Crippen LogP contribution is 2.44. The van der Waals surface area contributed by atoms with E-state index in [9.17, 15) is 0 Å². The second kappa shape index (κ2) is 4.66. The first kappa shape index (κ1) is 12.0. The van der Waals surface area contributed by atoms with Gasteiger partial charge in [0.2, 0.25) is 0 Å². The van der Waals surface area contributed by atoms with Crippen molar-refractivity contribution >= 4 is 48.8 Å². The number of nitrogens with zero attached hydrogens (tertiary/aromatic N) is 1. The predicted molar refractivity (Wildman–Crippen MR) is 86.0 cm³/mol. The maximum absolute atomic E-state index is 4.80. The number of aromatic nitrogens is 1. The lowest BCUT2D eigenvalue weighted by molar-refractivity contribution is 0.655. The average Bonchev–Trinajstić information content (AvgIpc) is 2.97. The molecule has 0 fully saturated rings. The molecule has 5 heteroatoms. The number of hydrogen-bond donors (Lipinski definition) is 1. The second-order valence-electron chi connectivity index (χ2n) is 4.57. The molecule has 0 saturated carbocycles. The molecule has 0 amide bonds. The number of halogens is 1. The molecule has 3 heterocycles. The Morgan fingerprint density at radius 3 is 3.00 bits per heavy atom. The third kappa shape index (κ3) is 1.96. The van der Waals surface area contributed by atoms with Gasteiger partial charge in [0.15, 0.2) is 0 Å². The zero-order chi connectivity index (χ0) is 12.8. The van der Waals surface area contributed by atoms with Gasteiger partial charge in [0, 0.05) is 17.0 Å². The molecular weight excluding hydrogens is 340 g/mol. The first-order valence-electron chi connectivity index (χ1n) is 6.19. The number of hydrogen-bond acceptors (Lipinski definition) is 4. The number of nitrogens with one attached hydrogen (secondary N) is 1. The van der Waals surface area contributed by atoms with Crippen LogP contribution in [0.1, 0.15) is 10.4 Å². The summed E-state index contributed by atoms with van der Waals surface area (Å²) in [6, 6.07) is 8.36. The summed E-state index contributed by atoms with van der Waals surface area (Å²) in [4.78, 5) is 6.25. The third-order valence-corrected chi connectivity index (χ3v) is 6.35. The van der Waals surface area contributed by atoms with E-state index in [2.05, 4.69) is 39.4 Å². The second-order valence-corrected chi connectivity index (χ2v) is 8.02. The van der Waals surface area contributed by atoms with Gasteiger partial charge in [0.25, 0.3) is 0 Å². The normalized spacial score (nSPS) is 14.8. The minimum Gasteiger partial charge on any atom is -0.312 e. The number of thiophene rings is 1. The standard InChI is InChI=1S/C14H11BrN2S2/c15-13-12(8-5-6-16-7-11(8)18-13)14-17-9-3-1-2-4-10(9)19-14/h1-4,16H,5-7H2. The van der Waals surface area contributed by atoms with Crippen LogP contribution in [0.3, 0.4) is 0 Å². The maximum atomic E-state index is 4.80. The molecule has 1 N–H and O–H groups in total. The predicted octanol–water partition coefficient (Wildman–Crippen LogP) is 4.43. The Bertz CT molecular complexity index is 727. The van der Waals surface area contributed by atoms with Crippen LogP contribution in [-0.4, -0.2) is 11.5 Å². The van der Waals surface area contributed by atoms with E-state index in [4.69, 9.17) is 4.98 Å². The number of rotatable bonds is 1. The fourth-order valence-electron chi connectivity index (χ4n) is 2.49. The molecule has 1 aromatic carbocycles. The van der Waals surface area contributed by atoms with Crippen LogP contribution >= 0.6 is 38.6 Å². The van der Waals surface area contributed by atoms with Gasteiger partial charge < -0.3 is 5.32 Å². The van der Waals surface area contributed by atoms with Gasteiger partial charge >= 0.3 is 0 Å². The lowest BCUT2D eigenvalue weighted by atomic mass is 10.1. The van der Waals surface area contributed by atoms with Crippen LogP contribution in [-0.2, 0) is 13.0 Å². The highest BCUT2D eigenvalue weighted by molar-refractivity contribution is 9.11. The van der Waals surface area contributed by atoms with E-state index >= 15 is 0 Å². The molecule has 0 bridgehead atoms. The molecule has 96 valence electrons. The summed E-state index contributed by atoms with van der Waals surface area (Å²) >= 11 is 7.36. The Kier molecular flexibility index (Phi) is 2.95. The molecule has 2 aromatic heterocycles. The fraction of sp³-hybridized carbons (Fsp3) is 0.214. The van der Waals surface area contributed by atoms with Crippen LogP contribution in [0, 0.1) is 0 Å². The van der Waals surface area contributed by atoms with E-state index in [1.807, 2.05) is 17.4 Å². The monoisotopic (exact) mass is 350 g/mol. The number of fused-ring (bicyclic) bond motifs is 2. The average molecular weight is 351 g/mol. The Hall–Kier alpha value is -0.750. The minimum absolute atomic E-state index is 0.990. The molecule has 19 heavy (non-hydrogen) atoms. The van der Waals surface area contributed by atoms with Crippen molar-refractivity contribution in [3.63, 3.8) is 0 Å². The van der Waals surface area contributed by atoms with Crippen molar-refractivity contribution in [3.05, 3.63) is 38.5 Å². The molecule has 0 aliphatic carbocycles. The summed E-state index contributed by atoms with van der Waals surface area (Å²) in [5.41, 5.74) is 3.90. The van der Waals surface area contributed by atoms with Gasteiger partial charge in [0.05, 0.1) is 14.0 Å². The SMILES string of the molecule is Brc1sc2c(c1-c1nc3ccccc3s1)CCNC2. The van der Waals surface area contributed by atoms with E-state index < -0.39 is 0 Å². The molecule has 2 nitrogen and oxygen atoms in total. The van der Waals surface area contributed by atoms with Crippen molar-refractivity contribution in [2.45, 2.75) is 13.0 Å². The van der Waals surface area contributed by atoms with E-state index in [0.717, 1.165) is 30.0 Å². The highest BCUT2D eigenvalue weighted by Gasteiger charge is 2.22. The Balaban J connectivity index is 1.94. The summed E-state index contributed by atoms with van der Waals surface area (Å²) < 4.78 is 2.48. The van der Waals surface area contributed by atoms with Crippen LogP contribution in [0.25, 0.3) is 20.8 Å². The Morgan fingerprint density at radius 2 is 2.11 bits per heavy atom. The Labute approximate surface area is 127 Å². The van der Waals surface area contributed by atoms with Crippen molar-refractivity contribution in [1.29, 1.82) is 0 Å². The van der Waals surface area contributed by atoms with E-state index in [0.29, 0.717) is 0 Å². The maximum Gasteiger partial charge on any atom is 0.126 e. The molecule has 1 aliphatic rings. The minimum atomic E-state index is 0.990. The molecule has 0 atom stereocenters. The van der Waals surface area contributed by atoms with Gasteiger partial charge in [-0.25, -0.2) is 4.98 Å². The number of benzene rings is 1. The lowest BCUT2D eigenvalue weighted by Crippen LogP contribution is -2.22. The van der Waals surface area contributed by atoms with Gasteiger partial charge in [-0.3, -0.25) is 0 Å². The molecule has 0 radical (unpaired) electrons. The summed E-state index contributed by atoms with van der Waals surface area (Å²) in [6.45, 7) is 2.05. The first-order valence-corrected chi connectivity index (χ1v) is 8.62. The van der Waals surface area contributed by atoms with Gasteiger partial charge in [0.1, 0.15) is 5.01 Å². The lowest BCUT2D eigenvalue weighted by Gasteiger charge is -2.13. The molecule has 1 aliphatic heterocycles. The van der Waals surface area contributed by atoms with Crippen molar-refractivity contribution in [2.75, 3.05) is 6.54 Å². The van der Waals surface area contributed by atoms with Crippen LogP contribution in [0.15, 0.2) is 28.1 Å². The summed E-state index contributed by atoms with van der Waals surface area (Å²) in [5.74, 6) is 0. The van der Waals surface area contributed by atoms with Gasteiger partial charge in [-0.1, -0.05) is 12.1 Å². The number of para-hydroxylation sites is 1. The molecule has 0 spiro atoms. The van der Waals surface area contributed by atoms with Crippen molar-refractivity contribution in [1.82, 2.24) is 10.3 Å². The van der Waals surface area contributed by atoms with Crippen LogP contribution in [0.4, 0.5) is 0 Å². The molecule has 0 unspecified atom stereocenters. The van der Waals surface area contributed by atoms with E-state index in [1.165, 1.54) is 24.5 Å². The van der Waals surface area contributed by atoms with Crippen molar-refractivity contribution < 1.29 is 0 Å². The zero-order valence-electron chi connectivity index (χ0n) is 10.1. The van der Waals surface area contributed by atoms with E-state index in [1.54, 1.807) is 11.3 Å². The van der Waals surface area contributed by atoms with Crippen LogP contribution in [0.5, 0.6) is 0 Å². The summed E-state index contributed by atoms with van der Waals surface area (Å²) in [7, 11) is 0. The topological polar surface area (TPSA) is 24.9 Å². The molecular formula is C14H11BrN2S2.